The summed E-state index contributed by atoms with van der Waals surface area (Å²) in [6.45, 7) is 6.02. The Balaban J connectivity index is 2.01. The number of likely N-dealkylation sites (tertiary alicyclic amines) is 1. The van der Waals surface area contributed by atoms with Crippen molar-refractivity contribution in [2.24, 2.45) is 0 Å². The average molecular weight is 295 g/mol. The van der Waals surface area contributed by atoms with Gasteiger partial charge in [-0.1, -0.05) is 6.92 Å². The molecular formula is C14H22FN5O. The van der Waals surface area contributed by atoms with Crippen LogP contribution in [0.5, 0.6) is 0 Å². The summed E-state index contributed by atoms with van der Waals surface area (Å²) in [4.78, 5) is 22.0. The Labute approximate surface area is 124 Å². The Morgan fingerprint density at radius 2 is 2.19 bits per heavy atom. The van der Waals surface area contributed by atoms with Crippen molar-refractivity contribution < 1.29 is 9.18 Å². The lowest BCUT2D eigenvalue weighted by molar-refractivity contribution is -0.130. The third kappa shape index (κ3) is 4.03. The molecule has 1 amide bonds. The fraction of sp³-hybridized carbons (Fsp3) is 0.643. The van der Waals surface area contributed by atoms with Crippen LogP contribution in [0.4, 0.5) is 16.2 Å². The summed E-state index contributed by atoms with van der Waals surface area (Å²) in [6, 6.07) is -0.508. The van der Waals surface area contributed by atoms with Gasteiger partial charge in [-0.15, -0.1) is 0 Å². The van der Waals surface area contributed by atoms with Crippen LogP contribution < -0.4 is 10.6 Å². The van der Waals surface area contributed by atoms with Gasteiger partial charge in [0.05, 0.1) is 6.20 Å². The number of hydrogen-bond acceptors (Lipinski definition) is 5. The Kier molecular flexibility index (Phi) is 5.30. The summed E-state index contributed by atoms with van der Waals surface area (Å²) >= 11 is 0. The van der Waals surface area contributed by atoms with Crippen LogP contribution in [-0.2, 0) is 4.79 Å². The highest BCUT2D eigenvalue weighted by molar-refractivity contribution is 5.84. The third-order valence-corrected chi connectivity index (χ3v) is 3.42. The predicted octanol–water partition coefficient (Wildman–Crippen LogP) is 1.86. The van der Waals surface area contributed by atoms with E-state index in [-0.39, 0.29) is 11.7 Å². The van der Waals surface area contributed by atoms with Gasteiger partial charge in [-0.05, 0) is 26.2 Å². The number of halogens is 1. The fourth-order valence-corrected chi connectivity index (χ4v) is 2.27. The molecule has 0 aromatic carbocycles. The van der Waals surface area contributed by atoms with E-state index in [1.54, 1.807) is 11.8 Å². The highest BCUT2D eigenvalue weighted by Gasteiger charge is 2.24. The van der Waals surface area contributed by atoms with E-state index in [9.17, 15) is 9.18 Å². The predicted molar refractivity (Wildman–Crippen MR) is 79.7 cm³/mol. The zero-order valence-corrected chi connectivity index (χ0v) is 12.5. The van der Waals surface area contributed by atoms with Gasteiger partial charge in [0.25, 0.3) is 0 Å². The van der Waals surface area contributed by atoms with Crippen molar-refractivity contribution in [2.45, 2.75) is 39.2 Å². The number of nitrogens with one attached hydrogen (secondary N) is 2. The second-order valence-corrected chi connectivity index (χ2v) is 5.22. The van der Waals surface area contributed by atoms with E-state index in [2.05, 4.69) is 20.6 Å². The van der Waals surface area contributed by atoms with Crippen LogP contribution >= 0.6 is 0 Å². The first-order valence-electron chi connectivity index (χ1n) is 7.43. The number of carbonyl (C=O) groups excluding carboxylic acids is 1. The topological polar surface area (TPSA) is 70.2 Å². The van der Waals surface area contributed by atoms with Gasteiger partial charge in [0.1, 0.15) is 6.04 Å². The molecule has 1 aromatic rings. The van der Waals surface area contributed by atoms with Crippen molar-refractivity contribution in [2.75, 3.05) is 30.3 Å². The van der Waals surface area contributed by atoms with E-state index in [0.29, 0.717) is 12.5 Å². The van der Waals surface area contributed by atoms with E-state index in [1.807, 2.05) is 6.92 Å². The van der Waals surface area contributed by atoms with Crippen molar-refractivity contribution >= 4 is 17.7 Å². The molecule has 0 spiro atoms. The van der Waals surface area contributed by atoms with E-state index < -0.39 is 11.9 Å². The lowest BCUT2D eigenvalue weighted by Gasteiger charge is -2.21. The first-order chi connectivity index (χ1) is 10.1. The summed E-state index contributed by atoms with van der Waals surface area (Å²) in [5.41, 5.74) is 0. The van der Waals surface area contributed by atoms with E-state index in [4.69, 9.17) is 0 Å². The maximum Gasteiger partial charge on any atom is 0.244 e. The number of nitrogens with zero attached hydrogens (tertiary/aromatic N) is 3. The number of amides is 1. The standard InChI is InChI=1S/C14H22FN5O/c1-3-6-16-14-17-9-11(15)12(19-14)18-10(2)13(21)20-7-4-5-8-20/h9-10H,3-8H2,1-2H3,(H2,16,17,18,19). The number of aromatic nitrogens is 2. The number of rotatable bonds is 6. The van der Waals surface area contributed by atoms with Crippen molar-refractivity contribution in [3.8, 4) is 0 Å². The van der Waals surface area contributed by atoms with Crippen LogP contribution in [0.25, 0.3) is 0 Å². The largest absolute Gasteiger partial charge is 0.356 e. The van der Waals surface area contributed by atoms with Crippen LogP contribution in [0.2, 0.25) is 0 Å². The SMILES string of the molecule is CCCNc1ncc(F)c(NC(C)C(=O)N2CCCC2)n1. The molecule has 0 aliphatic carbocycles. The van der Waals surface area contributed by atoms with Gasteiger partial charge < -0.3 is 15.5 Å². The monoisotopic (exact) mass is 295 g/mol. The molecule has 1 unspecified atom stereocenters. The van der Waals surface area contributed by atoms with Gasteiger partial charge >= 0.3 is 0 Å². The van der Waals surface area contributed by atoms with Gasteiger partial charge in [-0.3, -0.25) is 4.79 Å². The molecule has 1 aliphatic rings. The summed E-state index contributed by atoms with van der Waals surface area (Å²) in [5, 5.41) is 5.84. The van der Waals surface area contributed by atoms with Crippen LogP contribution in [0, 0.1) is 5.82 Å². The Morgan fingerprint density at radius 3 is 2.86 bits per heavy atom. The molecule has 1 fully saturated rings. The smallest absolute Gasteiger partial charge is 0.244 e. The summed E-state index contributed by atoms with van der Waals surface area (Å²) in [7, 11) is 0. The fourth-order valence-electron chi connectivity index (χ4n) is 2.27. The first-order valence-corrected chi connectivity index (χ1v) is 7.43. The van der Waals surface area contributed by atoms with Crippen LogP contribution in [0.15, 0.2) is 6.20 Å². The second-order valence-electron chi connectivity index (χ2n) is 5.22. The van der Waals surface area contributed by atoms with E-state index in [0.717, 1.165) is 38.5 Å². The molecule has 21 heavy (non-hydrogen) atoms. The summed E-state index contributed by atoms with van der Waals surface area (Å²) < 4.78 is 13.8. The van der Waals surface area contributed by atoms with Gasteiger partial charge in [-0.2, -0.15) is 4.98 Å². The molecule has 0 radical (unpaired) electrons. The second kappa shape index (κ2) is 7.19. The quantitative estimate of drug-likeness (QED) is 0.838. The lowest BCUT2D eigenvalue weighted by Crippen LogP contribution is -2.40. The van der Waals surface area contributed by atoms with E-state index in [1.165, 1.54) is 0 Å². The minimum Gasteiger partial charge on any atom is -0.356 e. The maximum absolute atomic E-state index is 13.8. The molecule has 6 nitrogen and oxygen atoms in total. The Morgan fingerprint density at radius 1 is 1.48 bits per heavy atom. The summed E-state index contributed by atoms with van der Waals surface area (Å²) in [5.74, 6) is -0.156. The number of anilines is 2. The van der Waals surface area contributed by atoms with Crippen LogP contribution in [0.3, 0.4) is 0 Å². The normalized spacial score (nSPS) is 15.9. The average Bonchev–Trinajstić information content (AvgIpc) is 3.01. The highest BCUT2D eigenvalue weighted by Crippen LogP contribution is 2.15. The van der Waals surface area contributed by atoms with Gasteiger partial charge in [0, 0.05) is 19.6 Å². The van der Waals surface area contributed by atoms with Crippen molar-refractivity contribution in [3.05, 3.63) is 12.0 Å². The molecule has 0 bridgehead atoms. The summed E-state index contributed by atoms with van der Waals surface area (Å²) in [6.07, 6.45) is 4.10. The molecule has 1 aliphatic heterocycles. The Hall–Kier alpha value is -1.92. The molecule has 1 aromatic heterocycles. The molecular weight excluding hydrogens is 273 g/mol. The van der Waals surface area contributed by atoms with Crippen molar-refractivity contribution in [3.63, 3.8) is 0 Å². The van der Waals surface area contributed by atoms with Gasteiger partial charge in [0.2, 0.25) is 11.9 Å². The lowest BCUT2D eigenvalue weighted by atomic mass is 10.3. The zero-order valence-electron chi connectivity index (χ0n) is 12.5. The molecule has 1 atom stereocenters. The first kappa shape index (κ1) is 15.5. The number of hydrogen-bond donors (Lipinski definition) is 2. The van der Waals surface area contributed by atoms with Crippen molar-refractivity contribution in [1.29, 1.82) is 0 Å². The molecule has 116 valence electrons. The van der Waals surface area contributed by atoms with Crippen LogP contribution in [-0.4, -0.2) is 46.5 Å². The number of carbonyl (C=O) groups is 1. The highest BCUT2D eigenvalue weighted by atomic mass is 19.1. The van der Waals surface area contributed by atoms with Crippen LogP contribution in [0.1, 0.15) is 33.1 Å². The van der Waals surface area contributed by atoms with Crippen molar-refractivity contribution in [1.82, 2.24) is 14.9 Å². The minimum atomic E-state index is -0.557. The molecule has 2 rings (SSSR count). The third-order valence-electron chi connectivity index (χ3n) is 3.42. The minimum absolute atomic E-state index is 0.0198. The zero-order chi connectivity index (χ0) is 15.2. The molecule has 0 saturated carbocycles. The van der Waals surface area contributed by atoms with E-state index >= 15 is 0 Å². The molecule has 2 heterocycles. The molecule has 1 saturated heterocycles. The van der Waals surface area contributed by atoms with Gasteiger partial charge in [-0.25, -0.2) is 9.37 Å². The van der Waals surface area contributed by atoms with Gasteiger partial charge in [0.15, 0.2) is 11.6 Å². The molecule has 7 heteroatoms. The maximum atomic E-state index is 13.8. The molecule has 2 N–H and O–H groups in total. The Bertz CT molecular complexity index is 490.